The number of nitrogen functional groups attached to an aromatic ring is 1. The predicted octanol–water partition coefficient (Wildman–Crippen LogP) is 3.31. The summed E-state index contributed by atoms with van der Waals surface area (Å²) in [5.41, 5.74) is 9.63. The van der Waals surface area contributed by atoms with Gasteiger partial charge in [-0.3, -0.25) is 0 Å². The molecule has 7 nitrogen and oxygen atoms in total. The molecule has 0 aliphatic rings. The number of nitrogens with zero attached hydrogens (tertiary/aromatic N) is 5. The maximum atomic E-state index is 6.12. The third-order valence-electron chi connectivity index (χ3n) is 3.88. The summed E-state index contributed by atoms with van der Waals surface area (Å²) in [6.45, 7) is 4.14. The molecule has 0 aliphatic heterocycles. The molecule has 3 N–H and O–H groups in total. The van der Waals surface area contributed by atoms with Crippen molar-refractivity contribution in [1.29, 1.82) is 0 Å². The summed E-state index contributed by atoms with van der Waals surface area (Å²) >= 11 is 1.61. The highest BCUT2D eigenvalue weighted by molar-refractivity contribution is 7.22. The van der Waals surface area contributed by atoms with Crippen LogP contribution in [0.3, 0.4) is 0 Å². The SMILES string of the molecule is CNc1nc2ccc(-c3nn(C(C)C)c4ncnc(N)c34)cc2s1. The van der Waals surface area contributed by atoms with Gasteiger partial charge in [0, 0.05) is 18.7 Å². The van der Waals surface area contributed by atoms with E-state index in [1.165, 1.54) is 6.33 Å². The molecule has 4 aromatic rings. The van der Waals surface area contributed by atoms with Gasteiger partial charge in [-0.15, -0.1) is 0 Å². The average Bonchev–Trinajstić information content (AvgIpc) is 3.15. The van der Waals surface area contributed by atoms with E-state index in [9.17, 15) is 0 Å². The maximum Gasteiger partial charge on any atom is 0.183 e. The Balaban J connectivity index is 1.99. The summed E-state index contributed by atoms with van der Waals surface area (Å²) in [5, 5.41) is 9.52. The first-order valence-electron chi connectivity index (χ1n) is 7.66. The van der Waals surface area contributed by atoms with Gasteiger partial charge in [-0.2, -0.15) is 5.10 Å². The highest BCUT2D eigenvalue weighted by atomic mass is 32.1. The first-order chi connectivity index (χ1) is 11.6. The number of benzene rings is 1. The Morgan fingerprint density at radius 1 is 1.25 bits per heavy atom. The lowest BCUT2D eigenvalue weighted by atomic mass is 10.1. The highest BCUT2D eigenvalue weighted by Gasteiger charge is 2.19. The van der Waals surface area contributed by atoms with Crippen LogP contribution in [0.15, 0.2) is 24.5 Å². The van der Waals surface area contributed by atoms with Crippen LogP contribution in [0.4, 0.5) is 10.9 Å². The topological polar surface area (TPSA) is 94.5 Å². The van der Waals surface area contributed by atoms with Crippen LogP contribution in [0.1, 0.15) is 19.9 Å². The van der Waals surface area contributed by atoms with Gasteiger partial charge in [-0.1, -0.05) is 17.4 Å². The molecule has 0 atom stereocenters. The second-order valence-corrected chi connectivity index (χ2v) is 6.83. The molecule has 0 saturated heterocycles. The van der Waals surface area contributed by atoms with Gasteiger partial charge in [0.15, 0.2) is 10.8 Å². The fourth-order valence-electron chi connectivity index (χ4n) is 2.74. The van der Waals surface area contributed by atoms with Gasteiger partial charge < -0.3 is 11.1 Å². The quantitative estimate of drug-likeness (QED) is 0.594. The summed E-state index contributed by atoms with van der Waals surface area (Å²) in [7, 11) is 1.87. The zero-order chi connectivity index (χ0) is 16.8. The van der Waals surface area contributed by atoms with Gasteiger partial charge in [-0.25, -0.2) is 19.6 Å². The second kappa shape index (κ2) is 5.41. The molecule has 0 radical (unpaired) electrons. The molecule has 24 heavy (non-hydrogen) atoms. The van der Waals surface area contributed by atoms with Gasteiger partial charge >= 0.3 is 0 Å². The number of fused-ring (bicyclic) bond motifs is 2. The van der Waals surface area contributed by atoms with Crippen molar-refractivity contribution in [3.8, 4) is 11.3 Å². The summed E-state index contributed by atoms with van der Waals surface area (Å²) in [4.78, 5) is 13.0. The van der Waals surface area contributed by atoms with Crippen LogP contribution in [0.5, 0.6) is 0 Å². The smallest absolute Gasteiger partial charge is 0.183 e. The van der Waals surface area contributed by atoms with E-state index in [1.54, 1.807) is 11.3 Å². The van der Waals surface area contributed by atoms with E-state index in [2.05, 4.69) is 40.2 Å². The number of nitrogens with one attached hydrogen (secondary N) is 1. The van der Waals surface area contributed by atoms with Gasteiger partial charge in [0.2, 0.25) is 0 Å². The van der Waals surface area contributed by atoms with Crippen LogP contribution >= 0.6 is 11.3 Å². The largest absolute Gasteiger partial charge is 0.383 e. The lowest BCUT2D eigenvalue weighted by Gasteiger charge is -2.05. The Morgan fingerprint density at radius 2 is 2.08 bits per heavy atom. The first kappa shape index (κ1) is 14.8. The molecule has 4 rings (SSSR count). The number of hydrogen-bond donors (Lipinski definition) is 2. The van der Waals surface area contributed by atoms with Crippen LogP contribution in [0.2, 0.25) is 0 Å². The fourth-order valence-corrected chi connectivity index (χ4v) is 3.59. The van der Waals surface area contributed by atoms with Gasteiger partial charge in [0.25, 0.3) is 0 Å². The second-order valence-electron chi connectivity index (χ2n) is 5.80. The number of hydrogen-bond acceptors (Lipinski definition) is 7. The van der Waals surface area contributed by atoms with Gasteiger partial charge in [0.1, 0.15) is 17.8 Å². The van der Waals surface area contributed by atoms with Crippen LogP contribution in [0, 0.1) is 0 Å². The standard InChI is InChI=1S/C16H17N7S/c1-8(2)23-15-12(14(17)19-7-20-15)13(22-23)9-4-5-10-11(6-9)24-16(18-3)21-10/h4-8H,1-3H3,(H,18,21)(H2,17,19,20). The third-order valence-corrected chi connectivity index (χ3v) is 4.92. The van der Waals surface area contributed by atoms with Crippen molar-refractivity contribution in [3.63, 3.8) is 0 Å². The molecule has 3 heterocycles. The lowest BCUT2D eigenvalue weighted by Crippen LogP contribution is -2.04. The molecule has 0 spiro atoms. The normalized spacial score (nSPS) is 11.7. The predicted molar refractivity (Wildman–Crippen MR) is 98.3 cm³/mol. The van der Waals surface area contributed by atoms with Crippen molar-refractivity contribution < 1.29 is 0 Å². The van der Waals surface area contributed by atoms with Gasteiger partial charge in [0.05, 0.1) is 15.6 Å². The molecule has 122 valence electrons. The summed E-state index contributed by atoms with van der Waals surface area (Å²) in [6, 6.07) is 6.29. The van der Waals surface area contributed by atoms with Crippen LogP contribution in [0.25, 0.3) is 32.5 Å². The van der Waals surface area contributed by atoms with E-state index < -0.39 is 0 Å². The Hall–Kier alpha value is -2.74. The monoisotopic (exact) mass is 339 g/mol. The Morgan fingerprint density at radius 3 is 2.83 bits per heavy atom. The van der Waals surface area contributed by atoms with Crippen molar-refractivity contribution in [2.45, 2.75) is 19.9 Å². The van der Waals surface area contributed by atoms with Crippen molar-refractivity contribution >= 4 is 43.5 Å². The Labute approximate surface area is 142 Å². The van der Waals surface area contributed by atoms with E-state index in [-0.39, 0.29) is 6.04 Å². The number of rotatable bonds is 3. The summed E-state index contributed by atoms with van der Waals surface area (Å²) < 4.78 is 2.98. The zero-order valence-corrected chi connectivity index (χ0v) is 14.4. The summed E-state index contributed by atoms with van der Waals surface area (Å²) in [5.74, 6) is 0.446. The van der Waals surface area contributed by atoms with E-state index in [1.807, 2.05) is 23.9 Å². The highest BCUT2D eigenvalue weighted by Crippen LogP contribution is 2.35. The molecule has 8 heteroatoms. The van der Waals surface area contributed by atoms with Crippen molar-refractivity contribution in [2.75, 3.05) is 18.1 Å². The number of anilines is 2. The van der Waals surface area contributed by atoms with E-state index >= 15 is 0 Å². The minimum absolute atomic E-state index is 0.179. The van der Waals surface area contributed by atoms with E-state index in [4.69, 9.17) is 10.8 Å². The van der Waals surface area contributed by atoms with Crippen LogP contribution < -0.4 is 11.1 Å². The van der Waals surface area contributed by atoms with Crippen molar-refractivity contribution in [2.24, 2.45) is 0 Å². The molecule has 0 aliphatic carbocycles. The number of thiazole rings is 1. The Kier molecular flexibility index (Phi) is 3.34. The van der Waals surface area contributed by atoms with Crippen molar-refractivity contribution in [3.05, 3.63) is 24.5 Å². The third kappa shape index (κ3) is 2.18. The molecule has 0 fully saturated rings. The van der Waals surface area contributed by atoms with Crippen molar-refractivity contribution in [1.82, 2.24) is 24.7 Å². The molecule has 3 aromatic heterocycles. The minimum Gasteiger partial charge on any atom is -0.383 e. The minimum atomic E-state index is 0.179. The molecule has 0 saturated carbocycles. The number of aromatic nitrogens is 5. The molecule has 0 unspecified atom stereocenters. The average molecular weight is 339 g/mol. The zero-order valence-electron chi connectivity index (χ0n) is 13.6. The molecule has 0 amide bonds. The van der Waals surface area contributed by atoms with Crippen LogP contribution in [-0.2, 0) is 0 Å². The molecular formula is C16H17N7S. The molecule has 0 bridgehead atoms. The first-order valence-corrected chi connectivity index (χ1v) is 8.47. The maximum absolute atomic E-state index is 6.12. The van der Waals surface area contributed by atoms with E-state index in [0.29, 0.717) is 5.82 Å². The van der Waals surface area contributed by atoms with Gasteiger partial charge in [-0.05, 0) is 26.0 Å². The lowest BCUT2D eigenvalue weighted by molar-refractivity contribution is 0.548. The Bertz CT molecular complexity index is 1050. The molecule has 1 aromatic carbocycles. The fraction of sp³-hybridized carbons (Fsp3) is 0.250. The van der Waals surface area contributed by atoms with E-state index in [0.717, 1.165) is 37.6 Å². The molecular weight excluding hydrogens is 322 g/mol. The van der Waals surface area contributed by atoms with Crippen LogP contribution in [-0.4, -0.2) is 31.8 Å². The number of nitrogens with two attached hydrogens (primary N) is 1. The summed E-state index contributed by atoms with van der Waals surface area (Å²) in [6.07, 6.45) is 1.48.